The Morgan fingerprint density at radius 3 is 3.05 bits per heavy atom. The SMILES string of the molecule is CC1CCCC(N)(C(=O)NCCc2ccc(Cl)s2)C1. The highest BCUT2D eigenvalue weighted by atomic mass is 35.5. The lowest BCUT2D eigenvalue weighted by atomic mass is 9.76. The van der Waals surface area contributed by atoms with Crippen molar-refractivity contribution in [3.8, 4) is 0 Å². The summed E-state index contributed by atoms with van der Waals surface area (Å²) in [6.45, 7) is 2.80. The molecule has 1 aliphatic rings. The molecule has 1 aromatic heterocycles. The van der Waals surface area contributed by atoms with Crippen LogP contribution in [0.15, 0.2) is 12.1 Å². The molecule has 1 amide bonds. The van der Waals surface area contributed by atoms with Crippen molar-refractivity contribution < 1.29 is 4.79 Å². The first-order valence-electron chi connectivity index (χ1n) is 6.81. The van der Waals surface area contributed by atoms with E-state index < -0.39 is 5.54 Å². The van der Waals surface area contributed by atoms with Crippen LogP contribution in [0, 0.1) is 5.92 Å². The molecule has 1 fully saturated rings. The van der Waals surface area contributed by atoms with Crippen LogP contribution < -0.4 is 11.1 Å². The first kappa shape index (κ1) is 14.8. The van der Waals surface area contributed by atoms with Gasteiger partial charge < -0.3 is 11.1 Å². The smallest absolute Gasteiger partial charge is 0.240 e. The third-order valence-corrected chi connectivity index (χ3v) is 5.06. The lowest BCUT2D eigenvalue weighted by Gasteiger charge is -2.35. The van der Waals surface area contributed by atoms with Crippen LogP contribution in [0.1, 0.15) is 37.5 Å². The fraction of sp³-hybridized carbons (Fsp3) is 0.643. The highest BCUT2D eigenvalue weighted by Gasteiger charge is 2.37. The van der Waals surface area contributed by atoms with Crippen molar-refractivity contribution in [1.82, 2.24) is 5.32 Å². The Bertz CT molecular complexity index is 448. The van der Waals surface area contributed by atoms with Crippen LogP contribution in [-0.4, -0.2) is 18.0 Å². The number of amides is 1. The molecule has 1 heterocycles. The normalized spacial score (nSPS) is 27.2. The Hall–Kier alpha value is -0.580. The van der Waals surface area contributed by atoms with Crippen molar-refractivity contribution in [1.29, 1.82) is 0 Å². The number of carbonyl (C=O) groups is 1. The van der Waals surface area contributed by atoms with E-state index >= 15 is 0 Å². The summed E-state index contributed by atoms with van der Waals surface area (Å²) >= 11 is 7.43. The van der Waals surface area contributed by atoms with Gasteiger partial charge in [0.2, 0.25) is 5.91 Å². The Labute approximate surface area is 123 Å². The van der Waals surface area contributed by atoms with Gasteiger partial charge >= 0.3 is 0 Å². The second-order valence-corrected chi connectivity index (χ2v) is 7.37. The van der Waals surface area contributed by atoms with Crippen molar-refractivity contribution in [2.75, 3.05) is 6.54 Å². The van der Waals surface area contributed by atoms with E-state index in [1.165, 1.54) is 11.3 Å². The van der Waals surface area contributed by atoms with Gasteiger partial charge in [0.05, 0.1) is 9.88 Å². The van der Waals surface area contributed by atoms with Crippen LogP contribution in [0.25, 0.3) is 0 Å². The quantitative estimate of drug-likeness (QED) is 0.898. The van der Waals surface area contributed by atoms with Crippen molar-refractivity contribution >= 4 is 28.8 Å². The van der Waals surface area contributed by atoms with Crippen molar-refractivity contribution in [3.05, 3.63) is 21.3 Å². The van der Waals surface area contributed by atoms with E-state index in [9.17, 15) is 4.79 Å². The van der Waals surface area contributed by atoms with Crippen LogP contribution >= 0.6 is 22.9 Å². The van der Waals surface area contributed by atoms with Gasteiger partial charge in [0.25, 0.3) is 0 Å². The summed E-state index contributed by atoms with van der Waals surface area (Å²) in [5, 5.41) is 2.97. The van der Waals surface area contributed by atoms with Crippen LogP contribution in [0.5, 0.6) is 0 Å². The molecule has 0 aliphatic heterocycles. The summed E-state index contributed by atoms with van der Waals surface area (Å²) in [6, 6.07) is 3.89. The predicted molar refractivity (Wildman–Crippen MR) is 80.6 cm³/mol. The minimum absolute atomic E-state index is 0.00158. The Morgan fingerprint density at radius 1 is 1.63 bits per heavy atom. The van der Waals surface area contributed by atoms with E-state index in [4.69, 9.17) is 17.3 Å². The minimum Gasteiger partial charge on any atom is -0.354 e. The van der Waals surface area contributed by atoms with Gasteiger partial charge in [-0.15, -0.1) is 11.3 Å². The largest absolute Gasteiger partial charge is 0.354 e. The predicted octanol–water partition coefficient (Wildman–Crippen LogP) is 2.97. The zero-order chi connectivity index (χ0) is 13.9. The Balaban J connectivity index is 1.80. The topological polar surface area (TPSA) is 55.1 Å². The number of hydrogen-bond acceptors (Lipinski definition) is 3. The van der Waals surface area contributed by atoms with Crippen LogP contribution in [0.3, 0.4) is 0 Å². The first-order valence-corrected chi connectivity index (χ1v) is 8.00. The molecular weight excluding hydrogens is 280 g/mol. The van der Waals surface area contributed by atoms with Gasteiger partial charge in [-0.1, -0.05) is 31.4 Å². The standard InChI is InChI=1S/C14H21ClN2OS/c1-10-3-2-7-14(16,9-10)13(18)17-8-6-11-4-5-12(15)19-11/h4-5,10H,2-3,6-9,16H2,1H3,(H,17,18). The van der Waals surface area contributed by atoms with E-state index in [0.29, 0.717) is 12.5 Å². The van der Waals surface area contributed by atoms with E-state index in [2.05, 4.69) is 12.2 Å². The molecule has 1 aliphatic carbocycles. The van der Waals surface area contributed by atoms with Crippen LogP contribution in [0.4, 0.5) is 0 Å². The van der Waals surface area contributed by atoms with E-state index in [0.717, 1.165) is 30.0 Å². The zero-order valence-corrected chi connectivity index (χ0v) is 12.8. The third-order valence-electron chi connectivity index (χ3n) is 3.77. The summed E-state index contributed by atoms with van der Waals surface area (Å²) in [7, 11) is 0. The molecule has 0 saturated heterocycles. The number of nitrogens with two attached hydrogens (primary N) is 1. The zero-order valence-electron chi connectivity index (χ0n) is 11.2. The average molecular weight is 301 g/mol. The highest BCUT2D eigenvalue weighted by molar-refractivity contribution is 7.16. The summed E-state index contributed by atoms with van der Waals surface area (Å²) in [6.07, 6.45) is 4.64. The molecule has 5 heteroatoms. The van der Waals surface area contributed by atoms with Crippen molar-refractivity contribution in [3.63, 3.8) is 0 Å². The van der Waals surface area contributed by atoms with Gasteiger partial charge in [0.15, 0.2) is 0 Å². The molecule has 3 nitrogen and oxygen atoms in total. The molecule has 1 saturated carbocycles. The Kier molecular flexibility index (Phi) is 4.87. The van der Waals surface area contributed by atoms with Gasteiger partial charge in [-0.05, 0) is 37.3 Å². The maximum atomic E-state index is 12.2. The maximum absolute atomic E-state index is 12.2. The van der Waals surface area contributed by atoms with Crippen LogP contribution in [-0.2, 0) is 11.2 Å². The molecule has 0 bridgehead atoms. The molecule has 2 rings (SSSR count). The molecular formula is C14H21ClN2OS. The number of nitrogens with one attached hydrogen (secondary N) is 1. The third kappa shape index (κ3) is 3.94. The van der Waals surface area contributed by atoms with Gasteiger partial charge in [-0.3, -0.25) is 4.79 Å². The molecule has 0 aromatic carbocycles. The molecule has 2 atom stereocenters. The second-order valence-electron chi connectivity index (χ2n) is 5.57. The fourth-order valence-electron chi connectivity index (χ4n) is 2.76. The van der Waals surface area contributed by atoms with E-state index in [-0.39, 0.29) is 5.91 Å². The average Bonchev–Trinajstić information content (AvgIpc) is 2.74. The number of carbonyl (C=O) groups excluding carboxylic acids is 1. The summed E-state index contributed by atoms with van der Waals surface area (Å²) < 4.78 is 0.790. The number of rotatable bonds is 4. The van der Waals surface area contributed by atoms with Crippen molar-refractivity contribution in [2.24, 2.45) is 11.7 Å². The molecule has 0 radical (unpaired) electrons. The lowest BCUT2D eigenvalue weighted by molar-refractivity contribution is -0.128. The number of hydrogen-bond donors (Lipinski definition) is 2. The van der Waals surface area contributed by atoms with Gasteiger partial charge in [-0.2, -0.15) is 0 Å². The molecule has 1 aromatic rings. The first-order chi connectivity index (χ1) is 8.99. The molecule has 3 N–H and O–H groups in total. The van der Waals surface area contributed by atoms with Crippen molar-refractivity contribution in [2.45, 2.75) is 44.6 Å². The molecule has 2 unspecified atom stereocenters. The molecule has 19 heavy (non-hydrogen) atoms. The van der Waals surface area contributed by atoms with Gasteiger partial charge in [-0.25, -0.2) is 0 Å². The summed E-state index contributed by atoms with van der Waals surface area (Å²) in [5.74, 6) is 0.544. The Morgan fingerprint density at radius 2 is 2.42 bits per heavy atom. The second kappa shape index (κ2) is 6.25. The van der Waals surface area contributed by atoms with E-state index in [1.54, 1.807) is 11.3 Å². The number of halogens is 1. The minimum atomic E-state index is -0.662. The van der Waals surface area contributed by atoms with Gasteiger partial charge in [0.1, 0.15) is 0 Å². The summed E-state index contributed by atoms with van der Waals surface area (Å²) in [5.41, 5.74) is 5.58. The van der Waals surface area contributed by atoms with E-state index in [1.807, 2.05) is 12.1 Å². The van der Waals surface area contributed by atoms with Crippen LogP contribution in [0.2, 0.25) is 4.34 Å². The summed E-state index contributed by atoms with van der Waals surface area (Å²) in [4.78, 5) is 13.4. The molecule has 106 valence electrons. The number of thiophene rings is 1. The maximum Gasteiger partial charge on any atom is 0.240 e. The highest BCUT2D eigenvalue weighted by Crippen LogP contribution is 2.30. The molecule has 0 spiro atoms. The van der Waals surface area contributed by atoms with Gasteiger partial charge in [0, 0.05) is 11.4 Å². The monoisotopic (exact) mass is 300 g/mol. The fourth-order valence-corrected chi connectivity index (χ4v) is 3.85. The lowest BCUT2D eigenvalue weighted by Crippen LogP contribution is -2.56.